The van der Waals surface area contributed by atoms with Crippen LogP contribution in [0.3, 0.4) is 0 Å². The van der Waals surface area contributed by atoms with Crippen LogP contribution in [0.2, 0.25) is 0 Å². The third kappa shape index (κ3) is 5.47. The van der Waals surface area contributed by atoms with E-state index >= 15 is 0 Å². The molecule has 15 rings (SSSR count). The van der Waals surface area contributed by atoms with E-state index in [4.69, 9.17) is 4.74 Å². The van der Waals surface area contributed by atoms with Crippen LogP contribution >= 0.6 is 0 Å². The minimum Gasteiger partial charge on any atom is -0.456 e. The topological polar surface area (TPSA) is 27.3 Å². The molecular weight excluding hydrogens is 841 g/mol. The lowest BCUT2D eigenvalue weighted by Gasteiger charge is -2.27. The Hall–Kier alpha value is -9.32. The SMILES string of the molecule is C1=Cc2c(ccc3c2c2ccccc2n3-c2ccc3c4ccc(-n5c6c(c7ccccc75)-c5ccccc5N(c5ccccc5)c5ccccc5-6)cc4n(-c4ccccc4)c3c2)Oc2ccccc21. The van der Waals surface area contributed by atoms with E-state index in [1.807, 2.05) is 12.1 Å². The molecule has 0 bridgehead atoms. The Morgan fingerprint density at radius 2 is 0.884 bits per heavy atom. The van der Waals surface area contributed by atoms with E-state index in [0.717, 1.165) is 84.3 Å². The zero-order valence-corrected chi connectivity index (χ0v) is 37.3. The molecule has 0 amide bonds. The number of aromatic nitrogens is 3. The molecule has 0 N–H and O–H groups in total. The molecule has 2 aliphatic rings. The first kappa shape index (κ1) is 37.9. The molecule has 5 heteroatoms. The monoisotopic (exact) mass is 880 g/mol. The predicted octanol–water partition coefficient (Wildman–Crippen LogP) is 17.2. The van der Waals surface area contributed by atoms with Gasteiger partial charge in [-0.05, 0) is 97.1 Å². The summed E-state index contributed by atoms with van der Waals surface area (Å²) in [6.45, 7) is 0. The number of hydrogen-bond acceptors (Lipinski definition) is 2. The van der Waals surface area contributed by atoms with Crippen molar-refractivity contribution >= 4 is 83.7 Å². The fourth-order valence-electron chi connectivity index (χ4n) is 11.5. The summed E-state index contributed by atoms with van der Waals surface area (Å²) in [7, 11) is 0. The van der Waals surface area contributed by atoms with Gasteiger partial charge in [-0.2, -0.15) is 0 Å². The van der Waals surface area contributed by atoms with Gasteiger partial charge in [0, 0.05) is 77.5 Å². The van der Waals surface area contributed by atoms with Gasteiger partial charge in [0.15, 0.2) is 0 Å². The molecule has 5 heterocycles. The van der Waals surface area contributed by atoms with E-state index in [9.17, 15) is 0 Å². The van der Waals surface area contributed by atoms with E-state index < -0.39 is 0 Å². The van der Waals surface area contributed by atoms with Crippen molar-refractivity contribution in [2.75, 3.05) is 4.90 Å². The molecule has 69 heavy (non-hydrogen) atoms. The van der Waals surface area contributed by atoms with Gasteiger partial charge in [-0.25, -0.2) is 0 Å². The number of nitrogens with zero attached hydrogens (tertiary/aromatic N) is 4. The second kappa shape index (κ2) is 14.6. The highest BCUT2D eigenvalue weighted by molar-refractivity contribution is 6.17. The highest BCUT2D eigenvalue weighted by Gasteiger charge is 2.31. The predicted molar refractivity (Wildman–Crippen MR) is 287 cm³/mol. The van der Waals surface area contributed by atoms with Crippen molar-refractivity contribution < 1.29 is 4.74 Å². The van der Waals surface area contributed by atoms with E-state index in [2.05, 4.69) is 249 Å². The highest BCUT2D eigenvalue weighted by Crippen LogP contribution is 2.54. The summed E-state index contributed by atoms with van der Waals surface area (Å²) >= 11 is 0. The van der Waals surface area contributed by atoms with Gasteiger partial charge in [-0.15, -0.1) is 0 Å². The molecule has 13 aromatic rings. The van der Waals surface area contributed by atoms with Crippen molar-refractivity contribution in [3.63, 3.8) is 0 Å². The molecule has 10 aromatic carbocycles. The van der Waals surface area contributed by atoms with Crippen LogP contribution in [-0.2, 0) is 0 Å². The molecule has 2 aliphatic heterocycles. The summed E-state index contributed by atoms with van der Waals surface area (Å²) in [4.78, 5) is 2.43. The Labute approximate surface area is 397 Å². The Balaban J connectivity index is 0.983. The average molecular weight is 881 g/mol. The molecule has 0 spiro atoms. The number of ether oxygens (including phenoxy) is 1. The van der Waals surface area contributed by atoms with Gasteiger partial charge in [0.25, 0.3) is 0 Å². The maximum atomic E-state index is 6.60. The van der Waals surface area contributed by atoms with Crippen LogP contribution < -0.4 is 9.64 Å². The van der Waals surface area contributed by atoms with E-state index in [0.29, 0.717) is 0 Å². The summed E-state index contributed by atoms with van der Waals surface area (Å²) in [6, 6.07) is 83.6. The molecule has 0 fully saturated rings. The van der Waals surface area contributed by atoms with Crippen molar-refractivity contribution in [3.05, 3.63) is 242 Å². The third-order valence-electron chi connectivity index (χ3n) is 14.4. The maximum Gasteiger partial charge on any atom is 0.135 e. The first-order valence-corrected chi connectivity index (χ1v) is 23.6. The minimum atomic E-state index is 0.857. The zero-order chi connectivity index (χ0) is 45.2. The first-order chi connectivity index (χ1) is 34.3. The Morgan fingerprint density at radius 1 is 0.319 bits per heavy atom. The molecule has 0 saturated carbocycles. The minimum absolute atomic E-state index is 0.857. The van der Waals surface area contributed by atoms with Crippen LogP contribution in [0, 0.1) is 0 Å². The van der Waals surface area contributed by atoms with E-state index in [-0.39, 0.29) is 0 Å². The zero-order valence-electron chi connectivity index (χ0n) is 37.3. The molecule has 5 nitrogen and oxygen atoms in total. The van der Waals surface area contributed by atoms with Crippen LogP contribution in [-0.4, -0.2) is 13.7 Å². The average Bonchev–Trinajstić information content (AvgIpc) is 3.96. The van der Waals surface area contributed by atoms with Crippen molar-refractivity contribution in [3.8, 4) is 50.9 Å². The fraction of sp³-hybridized carbons (Fsp3) is 0. The third-order valence-corrected chi connectivity index (χ3v) is 14.4. The molecule has 0 saturated heterocycles. The molecule has 0 atom stereocenters. The van der Waals surface area contributed by atoms with Crippen LogP contribution in [0.15, 0.2) is 231 Å². The van der Waals surface area contributed by atoms with Gasteiger partial charge in [0.1, 0.15) is 11.5 Å². The first-order valence-electron chi connectivity index (χ1n) is 23.6. The summed E-state index contributed by atoms with van der Waals surface area (Å²) < 4.78 is 14.0. The van der Waals surface area contributed by atoms with E-state index in [1.54, 1.807) is 0 Å². The Morgan fingerprint density at radius 3 is 1.64 bits per heavy atom. The molecule has 0 radical (unpaired) electrons. The summed E-state index contributed by atoms with van der Waals surface area (Å²) in [5.41, 5.74) is 19.4. The van der Waals surface area contributed by atoms with Gasteiger partial charge in [0.05, 0.1) is 44.7 Å². The van der Waals surface area contributed by atoms with E-state index in [1.165, 1.54) is 49.3 Å². The van der Waals surface area contributed by atoms with Crippen LogP contribution in [0.5, 0.6) is 11.5 Å². The fourth-order valence-corrected chi connectivity index (χ4v) is 11.5. The van der Waals surface area contributed by atoms with Crippen molar-refractivity contribution in [1.82, 2.24) is 13.7 Å². The normalized spacial score (nSPS) is 12.7. The standard InChI is InChI=1S/C64H40N4O/c1-3-18-42(19-4-1)65-54-27-13-9-23-49(54)63-50-24-10-14-28-55(50)68(64(63)51-25-11-15-29-56(51)65)45-33-36-47-46-35-32-44(39-58(46)66(59(47)40-45)43-20-5-2-6-21-43)67-53-26-12-8-22-48(53)62-52-34-31-41-17-7-16-30-60(41)69-61(52)38-37-57(62)67/h1-40H. The molecular formula is C64H40N4O. The van der Waals surface area contributed by atoms with Gasteiger partial charge in [-0.3, -0.25) is 0 Å². The maximum absolute atomic E-state index is 6.60. The van der Waals surface area contributed by atoms with Gasteiger partial charge < -0.3 is 23.3 Å². The summed E-state index contributed by atoms with van der Waals surface area (Å²) in [5, 5.41) is 5.97. The molecule has 3 aromatic heterocycles. The number of rotatable bonds is 4. The lowest BCUT2D eigenvalue weighted by molar-refractivity contribution is 0.482. The Bertz CT molecular complexity index is 4290. The largest absolute Gasteiger partial charge is 0.456 e. The number of hydrogen-bond donors (Lipinski definition) is 0. The lowest BCUT2D eigenvalue weighted by atomic mass is 9.98. The van der Waals surface area contributed by atoms with Crippen molar-refractivity contribution in [1.29, 1.82) is 0 Å². The Kier molecular flexibility index (Phi) is 8.00. The van der Waals surface area contributed by atoms with Crippen molar-refractivity contribution in [2.45, 2.75) is 0 Å². The highest BCUT2D eigenvalue weighted by atomic mass is 16.5. The van der Waals surface area contributed by atoms with Gasteiger partial charge in [-0.1, -0.05) is 146 Å². The summed E-state index contributed by atoms with van der Waals surface area (Å²) in [6.07, 6.45) is 4.40. The molecule has 322 valence electrons. The summed E-state index contributed by atoms with van der Waals surface area (Å²) in [5.74, 6) is 1.72. The number of anilines is 3. The van der Waals surface area contributed by atoms with Gasteiger partial charge in [0.2, 0.25) is 0 Å². The number of benzene rings is 10. The lowest BCUT2D eigenvalue weighted by Crippen LogP contribution is -2.11. The second-order valence-electron chi connectivity index (χ2n) is 18.1. The van der Waals surface area contributed by atoms with Crippen LogP contribution in [0.1, 0.15) is 11.1 Å². The smallest absolute Gasteiger partial charge is 0.135 e. The number of fused-ring (bicyclic) bond motifs is 16. The molecule has 0 unspecified atom stereocenters. The van der Waals surface area contributed by atoms with Crippen LogP contribution in [0.4, 0.5) is 17.1 Å². The quantitative estimate of drug-likeness (QED) is 0.176. The van der Waals surface area contributed by atoms with Crippen LogP contribution in [0.25, 0.3) is 106 Å². The molecule has 0 aliphatic carbocycles. The number of para-hydroxylation sites is 7. The second-order valence-corrected chi connectivity index (χ2v) is 18.1. The van der Waals surface area contributed by atoms with Gasteiger partial charge >= 0.3 is 0 Å². The van der Waals surface area contributed by atoms with Crippen molar-refractivity contribution in [2.24, 2.45) is 0 Å².